The molecule has 1 heterocycles. The molecule has 0 radical (unpaired) electrons. The molecule has 0 aliphatic heterocycles. The van der Waals surface area contributed by atoms with Gasteiger partial charge in [-0.2, -0.15) is 0 Å². The molecular weight excluding hydrogens is 220 g/mol. The van der Waals surface area contributed by atoms with Crippen LogP contribution >= 0.6 is 0 Å². The van der Waals surface area contributed by atoms with Crippen LogP contribution in [0.1, 0.15) is 30.1 Å². The zero-order chi connectivity index (χ0) is 12.3. The molecule has 0 spiro atoms. The summed E-state index contributed by atoms with van der Waals surface area (Å²) in [5.41, 5.74) is -0.103. The summed E-state index contributed by atoms with van der Waals surface area (Å²) in [6, 6.07) is 1.47. The average Bonchev–Trinajstić information content (AvgIpc) is 2.26. The molecule has 1 aliphatic rings. The van der Waals surface area contributed by atoms with Crippen LogP contribution in [0.25, 0.3) is 0 Å². The molecule has 5 heteroatoms. The predicted molar refractivity (Wildman–Crippen MR) is 63.0 cm³/mol. The van der Waals surface area contributed by atoms with Crippen LogP contribution in [0, 0.1) is 0 Å². The topological polar surface area (TPSA) is 71.2 Å². The second-order valence-corrected chi connectivity index (χ2v) is 4.14. The fourth-order valence-electron chi connectivity index (χ4n) is 1.91. The standard InChI is InChI=1S/C12H16N2O3/c1-2-17-9-5-8(6-9)14-12(16)10-7-13-4-3-11(10)15/h3-4,7-9H,2,5-6H2,1H3,(H,13,15)(H,14,16). The van der Waals surface area contributed by atoms with Crippen molar-refractivity contribution in [2.75, 3.05) is 6.61 Å². The van der Waals surface area contributed by atoms with E-state index < -0.39 is 0 Å². The van der Waals surface area contributed by atoms with Gasteiger partial charge in [0, 0.05) is 31.1 Å². The second kappa shape index (κ2) is 5.14. The van der Waals surface area contributed by atoms with Crippen LogP contribution in [0.5, 0.6) is 0 Å². The van der Waals surface area contributed by atoms with E-state index in [2.05, 4.69) is 10.3 Å². The Morgan fingerprint density at radius 3 is 3.00 bits per heavy atom. The van der Waals surface area contributed by atoms with Crippen LogP contribution in [-0.4, -0.2) is 29.6 Å². The number of carbonyl (C=O) groups is 1. The van der Waals surface area contributed by atoms with Gasteiger partial charge in [0.2, 0.25) is 0 Å². The van der Waals surface area contributed by atoms with Crippen molar-refractivity contribution in [1.82, 2.24) is 10.3 Å². The minimum absolute atomic E-state index is 0.124. The summed E-state index contributed by atoms with van der Waals surface area (Å²) in [7, 11) is 0. The van der Waals surface area contributed by atoms with Crippen LogP contribution in [0.3, 0.4) is 0 Å². The number of H-pyrrole nitrogens is 1. The Balaban J connectivity index is 1.87. The van der Waals surface area contributed by atoms with E-state index in [9.17, 15) is 9.59 Å². The summed E-state index contributed by atoms with van der Waals surface area (Å²) in [6.07, 6.45) is 4.83. The number of carbonyl (C=O) groups excluding carboxylic acids is 1. The average molecular weight is 236 g/mol. The Morgan fingerprint density at radius 2 is 2.35 bits per heavy atom. The van der Waals surface area contributed by atoms with E-state index in [0.29, 0.717) is 6.61 Å². The molecule has 0 atom stereocenters. The lowest BCUT2D eigenvalue weighted by Crippen LogP contribution is -2.48. The number of ether oxygens (including phenoxy) is 1. The van der Waals surface area contributed by atoms with Crippen LogP contribution < -0.4 is 10.7 Å². The molecular formula is C12H16N2O3. The van der Waals surface area contributed by atoms with Crippen molar-refractivity contribution >= 4 is 5.91 Å². The van der Waals surface area contributed by atoms with Crippen LogP contribution in [-0.2, 0) is 4.74 Å². The van der Waals surface area contributed by atoms with E-state index in [1.165, 1.54) is 18.5 Å². The maximum Gasteiger partial charge on any atom is 0.256 e. The minimum atomic E-state index is -0.313. The summed E-state index contributed by atoms with van der Waals surface area (Å²) in [6.45, 7) is 2.65. The highest BCUT2D eigenvalue weighted by molar-refractivity contribution is 5.93. The number of rotatable bonds is 4. The minimum Gasteiger partial charge on any atom is -0.378 e. The molecule has 2 rings (SSSR count). The Morgan fingerprint density at radius 1 is 1.59 bits per heavy atom. The highest BCUT2D eigenvalue weighted by atomic mass is 16.5. The van der Waals surface area contributed by atoms with Gasteiger partial charge in [0.15, 0.2) is 5.43 Å². The first-order valence-corrected chi connectivity index (χ1v) is 5.80. The molecule has 1 aromatic heterocycles. The summed E-state index contributed by atoms with van der Waals surface area (Å²) in [4.78, 5) is 25.9. The fourth-order valence-corrected chi connectivity index (χ4v) is 1.91. The van der Waals surface area contributed by atoms with E-state index in [4.69, 9.17) is 4.74 Å². The molecule has 17 heavy (non-hydrogen) atoms. The first-order chi connectivity index (χ1) is 8.20. The molecule has 5 nitrogen and oxygen atoms in total. The van der Waals surface area contributed by atoms with E-state index in [-0.39, 0.29) is 29.0 Å². The molecule has 1 aromatic rings. The van der Waals surface area contributed by atoms with Gasteiger partial charge in [0.25, 0.3) is 5.91 Å². The molecule has 1 aliphatic carbocycles. The number of aromatic nitrogens is 1. The lowest BCUT2D eigenvalue weighted by atomic mass is 9.89. The zero-order valence-electron chi connectivity index (χ0n) is 9.73. The van der Waals surface area contributed by atoms with E-state index in [1.807, 2.05) is 6.92 Å². The SMILES string of the molecule is CCOC1CC(NC(=O)c2c[nH]ccc2=O)C1. The summed E-state index contributed by atoms with van der Waals surface area (Å²) < 4.78 is 5.40. The van der Waals surface area contributed by atoms with E-state index >= 15 is 0 Å². The Bertz CT molecular complexity index is 449. The van der Waals surface area contributed by atoms with Crippen LogP contribution in [0.15, 0.2) is 23.3 Å². The monoisotopic (exact) mass is 236 g/mol. The van der Waals surface area contributed by atoms with Gasteiger partial charge in [-0.1, -0.05) is 0 Å². The summed E-state index contributed by atoms with van der Waals surface area (Å²) in [5, 5.41) is 2.82. The fraction of sp³-hybridized carbons (Fsp3) is 0.500. The van der Waals surface area contributed by atoms with Crippen LogP contribution in [0.4, 0.5) is 0 Å². The third-order valence-electron chi connectivity index (χ3n) is 2.90. The molecule has 92 valence electrons. The molecule has 1 amide bonds. The number of aromatic amines is 1. The molecule has 0 aromatic carbocycles. The maximum atomic E-state index is 11.8. The van der Waals surface area contributed by atoms with Gasteiger partial charge >= 0.3 is 0 Å². The molecule has 0 unspecified atom stereocenters. The van der Waals surface area contributed by atoms with E-state index in [0.717, 1.165) is 12.8 Å². The highest BCUT2D eigenvalue weighted by Gasteiger charge is 2.31. The van der Waals surface area contributed by atoms with Crippen molar-refractivity contribution in [1.29, 1.82) is 0 Å². The van der Waals surface area contributed by atoms with Crippen molar-refractivity contribution in [2.45, 2.75) is 31.9 Å². The first-order valence-electron chi connectivity index (χ1n) is 5.80. The quantitative estimate of drug-likeness (QED) is 0.807. The van der Waals surface area contributed by atoms with Gasteiger partial charge in [-0.15, -0.1) is 0 Å². The van der Waals surface area contributed by atoms with Gasteiger partial charge in [0.05, 0.1) is 6.10 Å². The number of pyridine rings is 1. The van der Waals surface area contributed by atoms with Crippen LogP contribution in [0.2, 0.25) is 0 Å². The van der Waals surface area contributed by atoms with Crippen molar-refractivity contribution in [3.05, 3.63) is 34.2 Å². The van der Waals surface area contributed by atoms with Gasteiger partial charge < -0.3 is 15.0 Å². The molecule has 0 bridgehead atoms. The number of hydrogen-bond acceptors (Lipinski definition) is 3. The Labute approximate surface area is 99.2 Å². The van der Waals surface area contributed by atoms with E-state index in [1.54, 1.807) is 0 Å². The largest absolute Gasteiger partial charge is 0.378 e. The lowest BCUT2D eigenvalue weighted by molar-refractivity contribution is -0.00863. The van der Waals surface area contributed by atoms with Crippen molar-refractivity contribution in [2.24, 2.45) is 0 Å². The lowest BCUT2D eigenvalue weighted by Gasteiger charge is -2.35. The maximum absolute atomic E-state index is 11.8. The summed E-state index contributed by atoms with van der Waals surface area (Å²) >= 11 is 0. The third-order valence-corrected chi connectivity index (χ3v) is 2.90. The van der Waals surface area contributed by atoms with Crippen molar-refractivity contribution in [3.63, 3.8) is 0 Å². The Hall–Kier alpha value is -1.62. The Kier molecular flexibility index (Phi) is 3.58. The number of hydrogen-bond donors (Lipinski definition) is 2. The van der Waals surface area contributed by atoms with Crippen molar-refractivity contribution in [3.8, 4) is 0 Å². The molecule has 1 saturated carbocycles. The normalized spacial score (nSPS) is 22.9. The molecule has 0 saturated heterocycles. The summed E-state index contributed by atoms with van der Waals surface area (Å²) in [5.74, 6) is -0.313. The molecule has 1 fully saturated rings. The first kappa shape index (κ1) is 11.9. The van der Waals surface area contributed by atoms with Gasteiger partial charge in [-0.3, -0.25) is 9.59 Å². The van der Waals surface area contributed by atoms with Gasteiger partial charge in [-0.25, -0.2) is 0 Å². The second-order valence-electron chi connectivity index (χ2n) is 4.14. The zero-order valence-corrected chi connectivity index (χ0v) is 9.73. The number of amides is 1. The predicted octanol–water partition coefficient (Wildman–Crippen LogP) is 0.672. The number of nitrogens with one attached hydrogen (secondary N) is 2. The third kappa shape index (κ3) is 2.74. The van der Waals surface area contributed by atoms with Gasteiger partial charge in [0.1, 0.15) is 5.56 Å². The highest BCUT2D eigenvalue weighted by Crippen LogP contribution is 2.23. The molecule has 2 N–H and O–H groups in total. The smallest absolute Gasteiger partial charge is 0.256 e. The van der Waals surface area contributed by atoms with Crippen molar-refractivity contribution < 1.29 is 9.53 Å². The van der Waals surface area contributed by atoms with Gasteiger partial charge in [-0.05, 0) is 19.8 Å².